The van der Waals surface area contributed by atoms with Gasteiger partial charge in [-0.15, -0.1) is 0 Å². The van der Waals surface area contributed by atoms with E-state index in [2.05, 4.69) is 64.3 Å². The van der Waals surface area contributed by atoms with Crippen LogP contribution in [-0.4, -0.2) is 71.4 Å². The minimum atomic E-state index is -0.922. The molecule has 34 heavy (non-hydrogen) atoms. The number of piperazine rings is 1. The topological polar surface area (TPSA) is 88.1 Å². The Morgan fingerprint density at radius 3 is 2.44 bits per heavy atom. The zero-order chi connectivity index (χ0) is 24.1. The maximum absolute atomic E-state index is 11.9. The highest BCUT2D eigenvalue weighted by atomic mass is 16.5. The van der Waals surface area contributed by atoms with Crippen LogP contribution in [0.4, 0.5) is 0 Å². The van der Waals surface area contributed by atoms with E-state index in [4.69, 9.17) is 5.21 Å². The fraction of sp³-hybridized carbons (Fsp3) is 0.444. The Hall–Kier alpha value is -2.73. The second-order valence-electron chi connectivity index (χ2n) is 9.39. The van der Waals surface area contributed by atoms with E-state index < -0.39 is 18.1 Å². The lowest BCUT2D eigenvalue weighted by molar-refractivity contribution is -0.134. The number of hydrogen-bond donors (Lipinski definition) is 4. The van der Waals surface area contributed by atoms with E-state index in [0.717, 1.165) is 62.3 Å². The first-order valence-electron chi connectivity index (χ1n) is 12.0. The van der Waals surface area contributed by atoms with Gasteiger partial charge in [0, 0.05) is 49.9 Å². The van der Waals surface area contributed by atoms with Gasteiger partial charge in [-0.2, -0.15) is 0 Å². The first kappa shape index (κ1) is 24.4. The minimum absolute atomic E-state index is 0.0539. The lowest BCUT2D eigenvalue weighted by Crippen LogP contribution is -2.50. The molecule has 180 valence electrons. The third kappa shape index (κ3) is 6.03. The normalized spacial score (nSPS) is 20.2. The van der Waals surface area contributed by atoms with Crippen LogP contribution in [0.25, 0.3) is 0 Å². The van der Waals surface area contributed by atoms with Crippen molar-refractivity contribution in [3.63, 3.8) is 0 Å². The molecule has 1 saturated heterocycles. The van der Waals surface area contributed by atoms with Crippen molar-refractivity contribution in [1.29, 1.82) is 0 Å². The highest BCUT2D eigenvalue weighted by Gasteiger charge is 2.30. The highest BCUT2D eigenvalue weighted by Crippen LogP contribution is 2.32. The van der Waals surface area contributed by atoms with E-state index in [1.165, 1.54) is 18.1 Å². The van der Waals surface area contributed by atoms with E-state index >= 15 is 0 Å². The predicted octanol–water partition coefficient (Wildman–Crippen LogP) is 1.67. The summed E-state index contributed by atoms with van der Waals surface area (Å²) in [5, 5.41) is 22.0. The molecule has 1 heterocycles. The summed E-state index contributed by atoms with van der Waals surface area (Å²) in [6.45, 7) is 6.99. The van der Waals surface area contributed by atoms with Crippen LogP contribution in [0.1, 0.15) is 47.2 Å². The van der Waals surface area contributed by atoms with Gasteiger partial charge in [-0.1, -0.05) is 30.0 Å². The molecule has 0 unspecified atom stereocenters. The van der Waals surface area contributed by atoms with Gasteiger partial charge >= 0.3 is 0 Å². The standard InChI is InChI=1S/C27H34N4O3/c1-19(32)26(27(33)29-34)28-25-12-10-23-17-21(9-11-24(23)25)6-3-20-4-7-22(8-5-20)18-31-15-13-30(2)14-16-31/h4-5,7-9,11,17,19,25-26,28,32,34H,10,12-16,18H2,1-2H3,(H,29,33)/t19-,25+,26+/m1/s1. The maximum atomic E-state index is 11.9. The number of nitrogens with zero attached hydrogens (tertiary/aromatic N) is 2. The van der Waals surface area contributed by atoms with Crippen LogP contribution < -0.4 is 10.8 Å². The average molecular weight is 463 g/mol. The van der Waals surface area contributed by atoms with Crippen molar-refractivity contribution in [3.8, 4) is 11.8 Å². The van der Waals surface area contributed by atoms with Crippen LogP contribution in [0, 0.1) is 11.8 Å². The van der Waals surface area contributed by atoms with Crippen LogP contribution in [0.3, 0.4) is 0 Å². The van der Waals surface area contributed by atoms with Crippen molar-refractivity contribution in [2.24, 2.45) is 0 Å². The number of amides is 1. The fourth-order valence-corrected chi connectivity index (χ4v) is 4.69. The first-order valence-corrected chi connectivity index (χ1v) is 12.0. The Bertz CT molecular complexity index is 1050. The number of aliphatic hydroxyl groups excluding tert-OH is 1. The number of carbonyl (C=O) groups excluding carboxylic acids is 1. The van der Waals surface area contributed by atoms with Crippen LogP contribution >= 0.6 is 0 Å². The third-order valence-electron chi connectivity index (χ3n) is 6.78. The summed E-state index contributed by atoms with van der Waals surface area (Å²) >= 11 is 0. The number of aryl methyl sites for hydroxylation is 1. The summed E-state index contributed by atoms with van der Waals surface area (Å²) in [4.78, 5) is 16.7. The van der Waals surface area contributed by atoms with Crippen molar-refractivity contribution in [2.75, 3.05) is 33.2 Å². The molecule has 0 radical (unpaired) electrons. The van der Waals surface area contributed by atoms with E-state index in [1.54, 1.807) is 5.48 Å². The number of nitrogens with one attached hydrogen (secondary N) is 2. The molecule has 0 bridgehead atoms. The van der Waals surface area contributed by atoms with Gasteiger partial charge in [-0.05, 0) is 67.8 Å². The lowest BCUT2D eigenvalue weighted by Gasteiger charge is -2.32. The molecule has 4 N–H and O–H groups in total. The van der Waals surface area contributed by atoms with Gasteiger partial charge in [0.05, 0.1) is 6.10 Å². The molecular weight excluding hydrogens is 428 g/mol. The second kappa shape index (κ2) is 11.1. The Morgan fingerprint density at radius 2 is 1.76 bits per heavy atom. The Kier molecular flexibility index (Phi) is 7.99. The quantitative estimate of drug-likeness (QED) is 0.297. The fourth-order valence-electron chi connectivity index (χ4n) is 4.69. The molecule has 0 aromatic heterocycles. The van der Waals surface area contributed by atoms with E-state index in [0.29, 0.717) is 0 Å². The van der Waals surface area contributed by atoms with Crippen LogP contribution in [0.2, 0.25) is 0 Å². The van der Waals surface area contributed by atoms with Crippen LogP contribution in [0.15, 0.2) is 42.5 Å². The van der Waals surface area contributed by atoms with Crippen molar-refractivity contribution < 1.29 is 15.1 Å². The van der Waals surface area contributed by atoms with Gasteiger partial charge in [-0.25, -0.2) is 5.48 Å². The molecule has 7 nitrogen and oxygen atoms in total. The van der Waals surface area contributed by atoms with E-state index in [9.17, 15) is 9.90 Å². The molecule has 1 fully saturated rings. The van der Waals surface area contributed by atoms with Gasteiger partial charge in [0.2, 0.25) is 0 Å². The molecule has 1 aliphatic carbocycles. The van der Waals surface area contributed by atoms with E-state index in [1.807, 2.05) is 12.1 Å². The Labute approximate surface area is 201 Å². The first-order chi connectivity index (χ1) is 16.4. The molecule has 3 atom stereocenters. The summed E-state index contributed by atoms with van der Waals surface area (Å²) in [7, 11) is 2.17. The molecule has 1 amide bonds. The Balaban J connectivity index is 1.38. The smallest absolute Gasteiger partial charge is 0.263 e. The lowest BCUT2D eigenvalue weighted by atomic mass is 10.0. The summed E-state index contributed by atoms with van der Waals surface area (Å²) in [5.41, 5.74) is 7.20. The van der Waals surface area contributed by atoms with Gasteiger partial charge < -0.3 is 10.0 Å². The summed E-state index contributed by atoms with van der Waals surface area (Å²) < 4.78 is 0. The van der Waals surface area contributed by atoms with Crippen molar-refractivity contribution >= 4 is 5.91 Å². The SMILES string of the molecule is C[C@@H](O)[C@H](N[C@H]1CCc2cc(C#Cc3ccc(CN4CCN(C)CC4)cc3)ccc21)C(=O)NO. The molecular formula is C27H34N4O3. The van der Waals surface area contributed by atoms with Gasteiger partial charge in [0.25, 0.3) is 5.91 Å². The highest BCUT2D eigenvalue weighted by molar-refractivity contribution is 5.81. The zero-order valence-electron chi connectivity index (χ0n) is 19.9. The summed E-state index contributed by atoms with van der Waals surface area (Å²) in [6, 6.07) is 13.7. The molecule has 1 aliphatic heterocycles. The molecule has 2 aliphatic rings. The zero-order valence-corrected chi connectivity index (χ0v) is 19.9. The van der Waals surface area contributed by atoms with Crippen molar-refractivity contribution in [1.82, 2.24) is 20.6 Å². The van der Waals surface area contributed by atoms with Gasteiger partial charge in [0.15, 0.2) is 0 Å². The number of benzene rings is 2. The maximum Gasteiger partial charge on any atom is 0.263 e. The van der Waals surface area contributed by atoms with Crippen molar-refractivity contribution in [2.45, 2.75) is 44.5 Å². The number of rotatable bonds is 6. The number of fused-ring (bicyclic) bond motifs is 1. The number of hydroxylamine groups is 1. The van der Waals surface area contributed by atoms with Crippen LogP contribution in [0.5, 0.6) is 0 Å². The summed E-state index contributed by atoms with van der Waals surface area (Å²) in [6.07, 6.45) is 0.772. The summed E-state index contributed by atoms with van der Waals surface area (Å²) in [5.74, 6) is 5.91. The monoisotopic (exact) mass is 462 g/mol. The number of aliphatic hydroxyl groups is 1. The van der Waals surface area contributed by atoms with Gasteiger partial charge in [-0.3, -0.25) is 20.2 Å². The number of likely N-dealkylation sites (N-methyl/N-ethyl adjacent to an activating group) is 1. The second-order valence-corrected chi connectivity index (χ2v) is 9.39. The number of carbonyl (C=O) groups is 1. The third-order valence-corrected chi connectivity index (χ3v) is 6.78. The Morgan fingerprint density at radius 1 is 1.09 bits per heavy atom. The van der Waals surface area contributed by atoms with Crippen LogP contribution in [-0.2, 0) is 17.8 Å². The van der Waals surface area contributed by atoms with E-state index in [-0.39, 0.29) is 6.04 Å². The predicted molar refractivity (Wildman–Crippen MR) is 131 cm³/mol. The average Bonchev–Trinajstić information content (AvgIpc) is 3.25. The molecule has 2 aromatic carbocycles. The molecule has 7 heteroatoms. The molecule has 0 saturated carbocycles. The number of hydrogen-bond acceptors (Lipinski definition) is 6. The minimum Gasteiger partial charge on any atom is -0.391 e. The molecule has 4 rings (SSSR count). The van der Waals surface area contributed by atoms with Crippen molar-refractivity contribution in [3.05, 3.63) is 70.3 Å². The largest absolute Gasteiger partial charge is 0.391 e. The molecule has 2 aromatic rings. The van der Waals surface area contributed by atoms with Gasteiger partial charge in [0.1, 0.15) is 6.04 Å². The molecule has 0 spiro atoms.